The van der Waals surface area contributed by atoms with Gasteiger partial charge in [0.2, 0.25) is 0 Å². The molecule has 4 fully saturated rings. The maximum absolute atomic E-state index is 6.39. The Morgan fingerprint density at radius 3 is 2.29 bits per heavy atom. The van der Waals surface area contributed by atoms with Crippen LogP contribution in [0.5, 0.6) is 0 Å². The maximum atomic E-state index is 6.39. The number of hydrogen-bond donors (Lipinski definition) is 1. The van der Waals surface area contributed by atoms with Crippen LogP contribution in [-0.4, -0.2) is 6.04 Å². The molecule has 0 unspecified atom stereocenters. The zero-order valence-corrected chi connectivity index (χ0v) is 19.7. The Bertz CT molecular complexity index is 540. The van der Waals surface area contributed by atoms with Crippen LogP contribution in [0.25, 0.3) is 0 Å². The summed E-state index contributed by atoms with van der Waals surface area (Å²) in [6.45, 7) is 12.8. The Morgan fingerprint density at radius 1 is 0.821 bits per heavy atom. The van der Waals surface area contributed by atoms with Crippen molar-refractivity contribution in [3.63, 3.8) is 0 Å². The Labute approximate surface area is 176 Å². The predicted octanol–water partition coefficient (Wildman–Crippen LogP) is 7.44. The fraction of sp³-hybridized carbons (Fsp3) is 1.00. The van der Waals surface area contributed by atoms with Crippen LogP contribution in [0.15, 0.2) is 0 Å². The van der Waals surface area contributed by atoms with Crippen molar-refractivity contribution in [3.8, 4) is 0 Å². The smallest absolute Gasteiger partial charge is 0.00418 e. The molecule has 1 heteroatoms. The van der Waals surface area contributed by atoms with Crippen LogP contribution >= 0.6 is 0 Å². The zero-order valence-electron chi connectivity index (χ0n) is 19.7. The lowest BCUT2D eigenvalue weighted by molar-refractivity contribution is -0.116. The molecule has 4 rings (SSSR count). The predicted molar refractivity (Wildman–Crippen MR) is 121 cm³/mol. The van der Waals surface area contributed by atoms with Gasteiger partial charge in [0, 0.05) is 6.04 Å². The third kappa shape index (κ3) is 3.50. The van der Waals surface area contributed by atoms with Crippen molar-refractivity contribution in [1.29, 1.82) is 0 Å². The van der Waals surface area contributed by atoms with E-state index in [1.165, 1.54) is 77.0 Å². The molecule has 4 aliphatic carbocycles. The molecule has 0 aromatic rings. The van der Waals surface area contributed by atoms with E-state index in [9.17, 15) is 0 Å². The molecule has 0 aliphatic heterocycles. The second-order valence-corrected chi connectivity index (χ2v) is 12.7. The minimum absolute atomic E-state index is 0.492. The van der Waals surface area contributed by atoms with E-state index < -0.39 is 0 Å². The van der Waals surface area contributed by atoms with Crippen LogP contribution in [0.2, 0.25) is 0 Å². The van der Waals surface area contributed by atoms with Crippen LogP contribution in [0, 0.1) is 52.3 Å². The first-order valence-corrected chi connectivity index (χ1v) is 13.0. The summed E-state index contributed by atoms with van der Waals surface area (Å²) in [5.41, 5.74) is 7.64. The monoisotopic (exact) mass is 387 g/mol. The first kappa shape index (κ1) is 21.2. The van der Waals surface area contributed by atoms with Gasteiger partial charge in [-0.25, -0.2) is 0 Å². The highest BCUT2D eigenvalue weighted by atomic mass is 14.7. The minimum Gasteiger partial charge on any atom is -0.328 e. The molecule has 0 heterocycles. The van der Waals surface area contributed by atoms with E-state index in [0.717, 1.165) is 41.4 Å². The van der Waals surface area contributed by atoms with Gasteiger partial charge < -0.3 is 5.73 Å². The molecule has 0 aromatic heterocycles. The van der Waals surface area contributed by atoms with E-state index in [-0.39, 0.29) is 0 Å². The fourth-order valence-electron chi connectivity index (χ4n) is 9.32. The molecular formula is C27H49N. The van der Waals surface area contributed by atoms with Crippen molar-refractivity contribution in [2.24, 2.45) is 58.0 Å². The molecule has 0 spiro atoms. The summed E-state index contributed by atoms with van der Waals surface area (Å²) in [5, 5.41) is 0. The summed E-state index contributed by atoms with van der Waals surface area (Å²) >= 11 is 0. The average Bonchev–Trinajstić information content (AvgIpc) is 2.99. The Hall–Kier alpha value is -0.0400. The summed E-state index contributed by atoms with van der Waals surface area (Å²) < 4.78 is 0. The lowest BCUT2D eigenvalue weighted by atomic mass is 9.44. The summed E-state index contributed by atoms with van der Waals surface area (Å²) in [4.78, 5) is 0. The van der Waals surface area contributed by atoms with Crippen molar-refractivity contribution >= 4 is 0 Å². The van der Waals surface area contributed by atoms with Crippen molar-refractivity contribution < 1.29 is 0 Å². The van der Waals surface area contributed by atoms with Gasteiger partial charge in [0.15, 0.2) is 0 Å². The third-order valence-electron chi connectivity index (χ3n) is 10.9. The summed E-state index contributed by atoms with van der Waals surface area (Å²) in [6, 6.07) is 0.492. The number of hydrogen-bond acceptors (Lipinski definition) is 1. The lowest BCUT2D eigenvalue weighted by Crippen LogP contribution is -2.54. The summed E-state index contributed by atoms with van der Waals surface area (Å²) in [7, 11) is 0. The third-order valence-corrected chi connectivity index (χ3v) is 10.9. The lowest BCUT2D eigenvalue weighted by Gasteiger charge is -2.61. The minimum atomic E-state index is 0.492. The fourth-order valence-corrected chi connectivity index (χ4v) is 9.32. The molecular weight excluding hydrogens is 338 g/mol. The van der Waals surface area contributed by atoms with E-state index in [1.54, 1.807) is 0 Å². The van der Waals surface area contributed by atoms with E-state index in [2.05, 4.69) is 34.6 Å². The zero-order chi connectivity index (χ0) is 20.1. The molecule has 28 heavy (non-hydrogen) atoms. The summed E-state index contributed by atoms with van der Waals surface area (Å²) in [6.07, 6.45) is 17.5. The van der Waals surface area contributed by atoms with Crippen LogP contribution in [0.3, 0.4) is 0 Å². The quantitative estimate of drug-likeness (QED) is 0.521. The van der Waals surface area contributed by atoms with Gasteiger partial charge in [0.25, 0.3) is 0 Å². The molecule has 162 valence electrons. The van der Waals surface area contributed by atoms with Gasteiger partial charge in [0.05, 0.1) is 0 Å². The number of fused-ring (bicyclic) bond motifs is 5. The Morgan fingerprint density at radius 2 is 1.54 bits per heavy atom. The molecule has 0 radical (unpaired) electrons. The van der Waals surface area contributed by atoms with E-state index in [1.807, 2.05) is 0 Å². The van der Waals surface area contributed by atoms with Crippen LogP contribution in [0.1, 0.15) is 112 Å². The second kappa shape index (κ2) is 7.90. The van der Waals surface area contributed by atoms with Crippen molar-refractivity contribution in [2.75, 3.05) is 0 Å². The van der Waals surface area contributed by atoms with Gasteiger partial charge in [-0.1, -0.05) is 53.9 Å². The van der Waals surface area contributed by atoms with E-state index >= 15 is 0 Å². The molecule has 4 saturated carbocycles. The Balaban J connectivity index is 1.46. The van der Waals surface area contributed by atoms with E-state index in [4.69, 9.17) is 5.73 Å². The Kier molecular flexibility index (Phi) is 5.98. The van der Waals surface area contributed by atoms with Crippen molar-refractivity contribution in [1.82, 2.24) is 0 Å². The summed E-state index contributed by atoms with van der Waals surface area (Å²) in [5.74, 6) is 6.79. The van der Waals surface area contributed by atoms with Gasteiger partial charge in [-0.15, -0.1) is 0 Å². The normalized spacial score (nSPS) is 49.4. The van der Waals surface area contributed by atoms with Crippen LogP contribution < -0.4 is 5.73 Å². The van der Waals surface area contributed by atoms with Crippen LogP contribution in [0.4, 0.5) is 0 Å². The SMILES string of the molecule is CC(C)CCC[C@@H](C)[C@@H]1CC[C@@H]2[C@H]3CC[C@H]4C[C@@H](N)CC[C@]4(C)[C@@H]3CC[C@]21C. The number of rotatable bonds is 5. The van der Waals surface area contributed by atoms with Crippen molar-refractivity contribution in [3.05, 3.63) is 0 Å². The average molecular weight is 388 g/mol. The number of nitrogens with two attached hydrogens (primary N) is 1. The highest BCUT2D eigenvalue weighted by Gasteiger charge is 2.60. The molecule has 2 N–H and O–H groups in total. The van der Waals surface area contributed by atoms with Crippen LogP contribution in [-0.2, 0) is 0 Å². The maximum Gasteiger partial charge on any atom is 0.00418 e. The topological polar surface area (TPSA) is 26.0 Å². The second-order valence-electron chi connectivity index (χ2n) is 12.7. The highest BCUT2D eigenvalue weighted by Crippen LogP contribution is 2.68. The first-order chi connectivity index (χ1) is 13.3. The first-order valence-electron chi connectivity index (χ1n) is 13.0. The molecule has 0 bridgehead atoms. The molecule has 9 atom stereocenters. The van der Waals surface area contributed by atoms with Gasteiger partial charge in [-0.3, -0.25) is 0 Å². The largest absolute Gasteiger partial charge is 0.328 e. The molecule has 0 amide bonds. The highest BCUT2D eigenvalue weighted by molar-refractivity contribution is 5.09. The van der Waals surface area contributed by atoms with Gasteiger partial charge in [-0.05, 0) is 110 Å². The standard InChI is InChI=1S/C27H49N/c1-18(2)7-6-8-19(3)23-11-12-24-22-10-9-20-17-21(28)13-15-26(20,4)25(22)14-16-27(23,24)5/h18-25H,6-17,28H2,1-5H3/t19-,20+,21+,22-,23+,24-,25-,26+,27+/m1/s1. The molecule has 1 nitrogen and oxygen atoms in total. The van der Waals surface area contributed by atoms with Gasteiger partial charge >= 0.3 is 0 Å². The molecule has 0 saturated heterocycles. The molecule has 0 aromatic carbocycles. The van der Waals surface area contributed by atoms with Crippen molar-refractivity contribution in [2.45, 2.75) is 118 Å². The van der Waals surface area contributed by atoms with Gasteiger partial charge in [-0.2, -0.15) is 0 Å². The van der Waals surface area contributed by atoms with Gasteiger partial charge in [0.1, 0.15) is 0 Å². The van der Waals surface area contributed by atoms with E-state index in [0.29, 0.717) is 16.9 Å². The molecule has 4 aliphatic rings.